The zero-order chi connectivity index (χ0) is 13.2. The van der Waals surface area contributed by atoms with Crippen molar-refractivity contribution in [2.24, 2.45) is 0 Å². The van der Waals surface area contributed by atoms with Gasteiger partial charge in [-0.3, -0.25) is 0 Å². The van der Waals surface area contributed by atoms with Crippen LogP contribution < -0.4 is 0 Å². The van der Waals surface area contributed by atoms with Gasteiger partial charge in [0, 0.05) is 20.6 Å². The molecule has 1 aromatic rings. The minimum Gasteiger partial charge on any atom is -0.478 e. The largest absolute Gasteiger partial charge is 0.478 e. The first-order chi connectivity index (χ1) is 8.02. The molecule has 1 aromatic carbocycles. The van der Waals surface area contributed by atoms with Crippen molar-refractivity contribution in [2.75, 3.05) is 5.75 Å². The number of hydrogen-bond donors (Lipinski definition) is 1. The van der Waals surface area contributed by atoms with Crippen LogP contribution in [0.1, 0.15) is 39.9 Å². The van der Waals surface area contributed by atoms with E-state index in [4.69, 9.17) is 15.0 Å². The van der Waals surface area contributed by atoms with Crippen molar-refractivity contribution in [2.45, 2.75) is 31.6 Å². The first-order valence-corrected chi connectivity index (χ1v) is 6.17. The van der Waals surface area contributed by atoms with Crippen LogP contribution in [0.5, 0.6) is 0 Å². The molecule has 1 heterocycles. The molecule has 0 saturated carbocycles. The van der Waals surface area contributed by atoms with Gasteiger partial charge in [0.05, 0.1) is 5.56 Å². The van der Waals surface area contributed by atoms with Crippen molar-refractivity contribution >= 4 is 17.7 Å². The number of carboxylic acid groups (broad SMARTS) is 1. The molecule has 0 fully saturated rings. The quantitative estimate of drug-likeness (QED) is 0.832. The van der Waals surface area contributed by atoms with Crippen molar-refractivity contribution in [1.29, 1.82) is 0 Å². The lowest BCUT2D eigenvalue weighted by atomic mass is 9.92. The minimum absolute atomic E-state index is 0.459. The highest BCUT2D eigenvalue weighted by Gasteiger charge is 2.26. The second-order valence-electron chi connectivity index (χ2n) is 4.13. The van der Waals surface area contributed by atoms with Gasteiger partial charge in [0.2, 0.25) is 0 Å². The first kappa shape index (κ1) is 13.7. The van der Waals surface area contributed by atoms with Crippen LogP contribution in [0.2, 0.25) is 0 Å². The summed E-state index contributed by atoms with van der Waals surface area (Å²) < 4.78 is 0. The van der Waals surface area contributed by atoms with E-state index in [2.05, 4.69) is 6.92 Å². The zero-order valence-electron chi connectivity index (χ0n) is 9.94. The summed E-state index contributed by atoms with van der Waals surface area (Å²) in [4.78, 5) is 26.4. The van der Waals surface area contributed by atoms with E-state index >= 15 is 0 Å². The Labute approximate surface area is 104 Å². The van der Waals surface area contributed by atoms with E-state index in [-0.39, 0.29) is 0 Å². The predicted octanol–water partition coefficient (Wildman–Crippen LogP) is 3.28. The summed E-state index contributed by atoms with van der Waals surface area (Å²) in [6.07, 6.45) is 0. The van der Waals surface area contributed by atoms with Crippen molar-refractivity contribution in [3.8, 4) is 0 Å². The van der Waals surface area contributed by atoms with E-state index in [9.17, 15) is 4.79 Å². The Morgan fingerprint density at radius 3 is 2.53 bits per heavy atom. The van der Waals surface area contributed by atoms with Gasteiger partial charge in [0.1, 0.15) is 0 Å². The van der Waals surface area contributed by atoms with Gasteiger partial charge in [0.15, 0.2) is 0 Å². The van der Waals surface area contributed by atoms with Crippen molar-refractivity contribution in [3.63, 3.8) is 0 Å². The van der Waals surface area contributed by atoms with Crippen molar-refractivity contribution < 1.29 is 9.90 Å². The SMILES string of the molecule is Cc1cc(C(=O)O)c(C)c2c1SCC2C.O=O. The maximum atomic E-state index is 11.1. The van der Waals surface area contributed by atoms with E-state index < -0.39 is 5.97 Å². The number of aryl methyl sites for hydroxylation is 1. The monoisotopic (exact) mass is 254 g/mol. The van der Waals surface area contributed by atoms with Crippen LogP contribution in [0, 0.1) is 23.8 Å². The van der Waals surface area contributed by atoms with Crippen LogP contribution in [-0.4, -0.2) is 16.8 Å². The van der Waals surface area contributed by atoms with Gasteiger partial charge < -0.3 is 5.11 Å². The molecule has 1 unspecified atom stereocenters. The van der Waals surface area contributed by atoms with Gasteiger partial charge in [-0.25, -0.2) is 4.79 Å². The van der Waals surface area contributed by atoms with Crippen LogP contribution in [0.3, 0.4) is 0 Å². The van der Waals surface area contributed by atoms with Crippen molar-refractivity contribution in [1.82, 2.24) is 0 Å². The Bertz CT molecular complexity index is 456. The fourth-order valence-electron chi connectivity index (χ4n) is 2.22. The van der Waals surface area contributed by atoms with E-state index in [1.54, 1.807) is 6.07 Å². The van der Waals surface area contributed by atoms with Gasteiger partial charge in [-0.2, -0.15) is 0 Å². The molecule has 2 rings (SSSR count). The molecule has 4 nitrogen and oxygen atoms in total. The average molecular weight is 254 g/mol. The molecular weight excluding hydrogens is 240 g/mol. The van der Waals surface area contributed by atoms with Crippen molar-refractivity contribution in [3.05, 3.63) is 38.2 Å². The van der Waals surface area contributed by atoms with E-state index in [1.165, 1.54) is 10.5 Å². The Morgan fingerprint density at radius 1 is 1.41 bits per heavy atom. The second kappa shape index (κ2) is 5.31. The lowest BCUT2D eigenvalue weighted by molar-refractivity contribution is 0.0695. The fourth-order valence-corrected chi connectivity index (χ4v) is 3.60. The molecule has 1 atom stereocenters. The molecule has 0 bridgehead atoms. The summed E-state index contributed by atoms with van der Waals surface area (Å²) in [5.41, 5.74) is 3.75. The van der Waals surface area contributed by atoms with E-state index in [0.717, 1.165) is 16.9 Å². The number of carboxylic acids is 1. The number of rotatable bonds is 1. The van der Waals surface area contributed by atoms with Crippen LogP contribution in [0.15, 0.2) is 11.0 Å². The summed E-state index contributed by atoms with van der Waals surface area (Å²) in [6, 6.07) is 1.79. The molecule has 0 aliphatic carbocycles. The Hall–Kier alpha value is -1.36. The summed E-state index contributed by atoms with van der Waals surface area (Å²) in [6.45, 7) is 6.08. The van der Waals surface area contributed by atoms with Crippen LogP contribution in [0.25, 0.3) is 0 Å². The Balaban J connectivity index is 0.000000686. The molecular formula is C12H14O4S. The molecule has 1 N–H and O–H groups in total. The number of thioether (sulfide) groups is 1. The molecule has 0 amide bonds. The number of hydrogen-bond acceptors (Lipinski definition) is 4. The number of aromatic carboxylic acids is 1. The predicted molar refractivity (Wildman–Crippen MR) is 68.7 cm³/mol. The topological polar surface area (TPSA) is 71.4 Å². The van der Waals surface area contributed by atoms with Gasteiger partial charge in [-0.15, -0.1) is 11.8 Å². The van der Waals surface area contributed by atoms with Crippen LogP contribution in [0.4, 0.5) is 0 Å². The molecule has 1 aliphatic rings. The fraction of sp³-hybridized carbons (Fsp3) is 0.417. The first-order valence-electron chi connectivity index (χ1n) is 5.19. The van der Waals surface area contributed by atoms with Gasteiger partial charge in [-0.1, -0.05) is 6.92 Å². The third kappa shape index (κ3) is 2.34. The summed E-state index contributed by atoms with van der Waals surface area (Å²) >= 11 is 1.84. The molecule has 92 valence electrons. The molecule has 0 spiro atoms. The molecule has 5 heteroatoms. The maximum absolute atomic E-state index is 11.1. The third-order valence-electron chi connectivity index (χ3n) is 2.97. The third-order valence-corrected chi connectivity index (χ3v) is 4.47. The molecule has 0 radical (unpaired) electrons. The van der Waals surface area contributed by atoms with Crippen LogP contribution in [-0.2, 0) is 0 Å². The summed E-state index contributed by atoms with van der Waals surface area (Å²) in [7, 11) is 0. The highest BCUT2D eigenvalue weighted by atomic mass is 32.2. The normalized spacial score (nSPS) is 17.0. The lowest BCUT2D eigenvalue weighted by Crippen LogP contribution is -2.05. The van der Waals surface area contributed by atoms with E-state index in [1.807, 2.05) is 25.6 Å². The molecule has 0 saturated heterocycles. The molecule has 17 heavy (non-hydrogen) atoms. The van der Waals surface area contributed by atoms with Gasteiger partial charge in [0.25, 0.3) is 0 Å². The van der Waals surface area contributed by atoms with Gasteiger partial charge in [-0.05, 0) is 42.5 Å². The minimum atomic E-state index is -0.817. The highest BCUT2D eigenvalue weighted by molar-refractivity contribution is 7.99. The summed E-state index contributed by atoms with van der Waals surface area (Å²) in [5.74, 6) is 0.727. The molecule has 0 aromatic heterocycles. The standard InChI is InChI=1S/C12H14O2S.O2/c1-6-4-9(12(13)14)8(3)10-7(2)5-15-11(6)10;1-2/h4,7H,5H2,1-3H3,(H,13,14);. The van der Waals surface area contributed by atoms with E-state index in [0.29, 0.717) is 11.5 Å². The zero-order valence-corrected chi connectivity index (χ0v) is 10.8. The Morgan fingerprint density at radius 2 is 2.00 bits per heavy atom. The number of fused-ring (bicyclic) bond motifs is 1. The summed E-state index contributed by atoms with van der Waals surface area (Å²) in [5, 5.41) is 9.10. The lowest BCUT2D eigenvalue weighted by Gasteiger charge is -2.12. The molecule has 1 aliphatic heterocycles. The number of carbonyl (C=O) groups is 1. The average Bonchev–Trinajstić information content (AvgIpc) is 2.69. The smallest absolute Gasteiger partial charge is 0.335 e. The second-order valence-corrected chi connectivity index (χ2v) is 5.16. The maximum Gasteiger partial charge on any atom is 0.335 e. The Kier molecular flexibility index (Phi) is 4.28. The highest BCUT2D eigenvalue weighted by Crippen LogP contribution is 2.44. The number of benzene rings is 1. The van der Waals surface area contributed by atoms with Gasteiger partial charge >= 0.3 is 5.97 Å². The van der Waals surface area contributed by atoms with Crippen LogP contribution >= 0.6 is 11.8 Å².